The summed E-state index contributed by atoms with van der Waals surface area (Å²) >= 11 is 0. The van der Waals surface area contributed by atoms with Gasteiger partial charge in [0.1, 0.15) is 5.76 Å². The quantitative estimate of drug-likeness (QED) is 0.723. The van der Waals surface area contributed by atoms with Gasteiger partial charge in [-0.05, 0) is 19.1 Å². The van der Waals surface area contributed by atoms with E-state index in [0.717, 1.165) is 0 Å². The monoisotopic (exact) mass is 235 g/mol. The number of aromatic nitrogens is 2. The lowest BCUT2D eigenvalue weighted by Gasteiger charge is -2.10. The van der Waals surface area contributed by atoms with Crippen LogP contribution in [0.15, 0.2) is 27.6 Å². The summed E-state index contributed by atoms with van der Waals surface area (Å²) in [4.78, 5) is 22.8. The second-order valence-corrected chi connectivity index (χ2v) is 3.86. The van der Waals surface area contributed by atoms with Gasteiger partial charge >= 0.3 is 0 Å². The van der Waals surface area contributed by atoms with E-state index in [4.69, 9.17) is 10.2 Å². The molecule has 0 radical (unpaired) electrons. The summed E-state index contributed by atoms with van der Waals surface area (Å²) in [6, 6.07) is 3.43. The zero-order valence-corrected chi connectivity index (χ0v) is 9.32. The topological polar surface area (TPSA) is 105 Å². The van der Waals surface area contributed by atoms with E-state index < -0.39 is 11.8 Å². The molecule has 2 rings (SSSR count). The molecule has 0 aliphatic rings. The van der Waals surface area contributed by atoms with Crippen molar-refractivity contribution in [2.24, 2.45) is 5.73 Å². The minimum absolute atomic E-state index is 0.0370. The number of furan rings is 1. The third kappa shape index (κ3) is 2.15. The molecule has 90 valence electrons. The van der Waals surface area contributed by atoms with E-state index in [2.05, 4.69) is 10.2 Å². The second-order valence-electron chi connectivity index (χ2n) is 3.86. The molecule has 0 aliphatic carbocycles. The third-order valence-corrected chi connectivity index (χ3v) is 2.65. The maximum absolute atomic E-state index is 11.7. The Balaban J connectivity index is 2.48. The van der Waals surface area contributed by atoms with E-state index in [1.807, 2.05) is 0 Å². The molecule has 0 fully saturated rings. The molecule has 0 spiro atoms. The molecule has 17 heavy (non-hydrogen) atoms. The van der Waals surface area contributed by atoms with Crippen LogP contribution in [0, 0.1) is 6.92 Å². The summed E-state index contributed by atoms with van der Waals surface area (Å²) in [5, 5.41) is 5.20. The first-order valence-electron chi connectivity index (χ1n) is 5.18. The Bertz CT molecular complexity index is 565. The molecule has 0 aliphatic heterocycles. The summed E-state index contributed by atoms with van der Waals surface area (Å²) in [5.74, 6) is -0.374. The predicted octanol–water partition coefficient (Wildman–Crippen LogP) is 0.612. The van der Waals surface area contributed by atoms with Crippen LogP contribution in [-0.4, -0.2) is 16.1 Å². The van der Waals surface area contributed by atoms with Gasteiger partial charge in [0.05, 0.1) is 17.7 Å². The number of carbonyl (C=O) groups excluding carboxylic acids is 1. The van der Waals surface area contributed by atoms with Crippen LogP contribution in [0.3, 0.4) is 0 Å². The largest absolute Gasteiger partial charge is 0.469 e. The van der Waals surface area contributed by atoms with Crippen molar-refractivity contribution >= 4 is 5.91 Å². The molecule has 2 aromatic heterocycles. The molecule has 0 saturated heterocycles. The second kappa shape index (κ2) is 4.32. The maximum atomic E-state index is 11.7. The van der Waals surface area contributed by atoms with Crippen molar-refractivity contribution in [2.75, 3.05) is 0 Å². The number of hydrogen-bond acceptors (Lipinski definition) is 3. The fourth-order valence-corrected chi connectivity index (χ4v) is 1.91. The zero-order chi connectivity index (χ0) is 12.4. The fourth-order valence-electron chi connectivity index (χ4n) is 1.91. The highest BCUT2D eigenvalue weighted by Gasteiger charge is 2.25. The molecule has 6 heteroatoms. The number of carbonyl (C=O) groups is 1. The van der Waals surface area contributed by atoms with E-state index in [9.17, 15) is 9.59 Å². The minimum atomic E-state index is -0.480. The Morgan fingerprint density at radius 3 is 2.76 bits per heavy atom. The number of nitrogens with one attached hydrogen (secondary N) is 2. The lowest BCUT2D eigenvalue weighted by Crippen LogP contribution is -2.20. The lowest BCUT2D eigenvalue weighted by atomic mass is 9.93. The molecule has 0 bridgehead atoms. The smallest absolute Gasteiger partial charge is 0.268 e. The molecule has 1 amide bonds. The van der Waals surface area contributed by atoms with Crippen LogP contribution in [0.4, 0.5) is 0 Å². The Morgan fingerprint density at radius 2 is 2.29 bits per heavy atom. The van der Waals surface area contributed by atoms with E-state index in [1.54, 1.807) is 19.1 Å². The van der Waals surface area contributed by atoms with Crippen molar-refractivity contribution < 1.29 is 9.21 Å². The third-order valence-electron chi connectivity index (χ3n) is 2.65. The van der Waals surface area contributed by atoms with Crippen molar-refractivity contribution in [1.82, 2.24) is 10.2 Å². The summed E-state index contributed by atoms with van der Waals surface area (Å²) in [5.41, 5.74) is 6.11. The molecule has 6 nitrogen and oxygen atoms in total. The lowest BCUT2D eigenvalue weighted by molar-refractivity contribution is -0.118. The van der Waals surface area contributed by atoms with Gasteiger partial charge in [0.2, 0.25) is 5.91 Å². The van der Waals surface area contributed by atoms with Crippen LogP contribution in [0.5, 0.6) is 0 Å². The molecule has 2 aromatic rings. The molecule has 0 unspecified atom stereocenters. The number of H-pyrrole nitrogens is 2. The van der Waals surface area contributed by atoms with Crippen molar-refractivity contribution in [3.63, 3.8) is 0 Å². The van der Waals surface area contributed by atoms with Crippen LogP contribution in [0.2, 0.25) is 0 Å². The van der Waals surface area contributed by atoms with Gasteiger partial charge in [-0.1, -0.05) is 0 Å². The van der Waals surface area contributed by atoms with E-state index in [-0.39, 0.29) is 12.0 Å². The molecule has 1 atom stereocenters. The zero-order valence-electron chi connectivity index (χ0n) is 9.32. The number of aryl methyl sites for hydroxylation is 1. The highest BCUT2D eigenvalue weighted by Crippen LogP contribution is 2.27. The average molecular weight is 235 g/mol. The Hall–Kier alpha value is -2.24. The van der Waals surface area contributed by atoms with E-state index >= 15 is 0 Å². The molecule has 0 saturated carbocycles. The SMILES string of the molecule is Cc1[nH][nH]c(=O)c1[C@H](CC(N)=O)c1ccco1. The number of nitrogens with two attached hydrogens (primary N) is 1. The van der Waals surface area contributed by atoms with Gasteiger partial charge in [0.25, 0.3) is 5.56 Å². The molecule has 4 N–H and O–H groups in total. The van der Waals surface area contributed by atoms with Crippen molar-refractivity contribution in [2.45, 2.75) is 19.3 Å². The van der Waals surface area contributed by atoms with Crippen LogP contribution < -0.4 is 11.3 Å². The highest BCUT2D eigenvalue weighted by molar-refractivity contribution is 5.75. The van der Waals surface area contributed by atoms with Crippen LogP contribution in [0.25, 0.3) is 0 Å². The first kappa shape index (κ1) is 11.3. The number of aromatic amines is 2. The average Bonchev–Trinajstić information content (AvgIpc) is 2.86. The number of amides is 1. The standard InChI is InChI=1S/C11H13N3O3/c1-6-10(11(16)14-13-6)7(5-9(12)15)8-3-2-4-17-8/h2-4,7H,5H2,1H3,(H2,12,15)(H2,13,14,16)/t7-/m1/s1. The summed E-state index contributed by atoms with van der Waals surface area (Å²) in [7, 11) is 0. The van der Waals surface area contributed by atoms with Gasteiger partial charge in [-0.2, -0.15) is 0 Å². The molecule has 0 aromatic carbocycles. The van der Waals surface area contributed by atoms with Crippen LogP contribution in [0.1, 0.15) is 29.4 Å². The molecular weight excluding hydrogens is 222 g/mol. The number of primary amides is 1. The van der Waals surface area contributed by atoms with Gasteiger partial charge in [0.15, 0.2) is 0 Å². The van der Waals surface area contributed by atoms with Crippen LogP contribution >= 0.6 is 0 Å². The van der Waals surface area contributed by atoms with Gasteiger partial charge < -0.3 is 15.2 Å². The summed E-state index contributed by atoms with van der Waals surface area (Å²) in [6.45, 7) is 1.75. The Morgan fingerprint density at radius 1 is 1.53 bits per heavy atom. The number of rotatable bonds is 4. The Labute approximate surface area is 96.8 Å². The van der Waals surface area contributed by atoms with E-state index in [1.165, 1.54) is 6.26 Å². The van der Waals surface area contributed by atoms with Gasteiger partial charge in [-0.3, -0.25) is 14.7 Å². The van der Waals surface area contributed by atoms with Gasteiger partial charge in [-0.15, -0.1) is 0 Å². The molecular formula is C11H13N3O3. The van der Waals surface area contributed by atoms with Crippen molar-refractivity contribution in [3.05, 3.63) is 45.8 Å². The minimum Gasteiger partial charge on any atom is -0.469 e. The Kier molecular flexibility index (Phi) is 2.86. The normalized spacial score (nSPS) is 12.5. The van der Waals surface area contributed by atoms with E-state index in [0.29, 0.717) is 17.0 Å². The summed E-state index contributed by atoms with van der Waals surface area (Å²) < 4.78 is 5.26. The predicted molar refractivity (Wildman–Crippen MR) is 60.5 cm³/mol. The van der Waals surface area contributed by atoms with Gasteiger partial charge in [-0.25, -0.2) is 0 Å². The fraction of sp³-hybridized carbons (Fsp3) is 0.273. The molecule has 2 heterocycles. The first-order chi connectivity index (χ1) is 8.09. The summed E-state index contributed by atoms with van der Waals surface area (Å²) in [6.07, 6.45) is 1.54. The first-order valence-corrected chi connectivity index (χ1v) is 5.18. The van der Waals surface area contributed by atoms with Crippen molar-refractivity contribution in [1.29, 1.82) is 0 Å². The number of hydrogen-bond donors (Lipinski definition) is 3. The van der Waals surface area contributed by atoms with Crippen LogP contribution in [-0.2, 0) is 4.79 Å². The maximum Gasteiger partial charge on any atom is 0.268 e. The highest BCUT2D eigenvalue weighted by atomic mass is 16.3. The van der Waals surface area contributed by atoms with Crippen molar-refractivity contribution in [3.8, 4) is 0 Å². The van der Waals surface area contributed by atoms with Gasteiger partial charge in [0, 0.05) is 12.1 Å².